The predicted octanol–water partition coefficient (Wildman–Crippen LogP) is 4.58. The van der Waals surface area contributed by atoms with E-state index in [-0.39, 0.29) is 0 Å². The van der Waals surface area contributed by atoms with Crippen LogP contribution in [0.25, 0.3) is 16.8 Å². The van der Waals surface area contributed by atoms with Gasteiger partial charge >= 0.3 is 0 Å². The average Bonchev–Trinajstić information content (AvgIpc) is 2.70. The molecule has 0 radical (unpaired) electrons. The molecule has 132 valence electrons. The molecule has 0 saturated carbocycles. The summed E-state index contributed by atoms with van der Waals surface area (Å²) in [6, 6.07) is 25.7. The molecule has 0 aliphatic carbocycles. The van der Waals surface area contributed by atoms with Gasteiger partial charge in [0.1, 0.15) is 0 Å². The minimum Gasteiger partial charge on any atom is -0.201 e. The smallest absolute Gasteiger partial charge is 0.201 e. The van der Waals surface area contributed by atoms with E-state index in [1.165, 1.54) is 33.5 Å². The van der Waals surface area contributed by atoms with Crippen molar-refractivity contribution >= 4 is 0 Å². The molecule has 0 unspecified atom stereocenters. The van der Waals surface area contributed by atoms with Crippen LogP contribution >= 0.6 is 0 Å². The van der Waals surface area contributed by atoms with Crippen LogP contribution in [0.5, 0.6) is 0 Å². The van der Waals surface area contributed by atoms with E-state index in [1.54, 1.807) is 0 Å². The maximum absolute atomic E-state index is 2.21. The number of para-hydroxylation sites is 1. The summed E-state index contributed by atoms with van der Waals surface area (Å²) >= 11 is 0. The molecule has 27 heavy (non-hydrogen) atoms. The van der Waals surface area contributed by atoms with Crippen molar-refractivity contribution in [3.63, 3.8) is 0 Å². The van der Waals surface area contributed by atoms with Crippen molar-refractivity contribution in [3.8, 4) is 16.8 Å². The van der Waals surface area contributed by atoms with E-state index in [1.807, 2.05) is 0 Å². The lowest BCUT2D eigenvalue weighted by atomic mass is 10.1. The van der Waals surface area contributed by atoms with Crippen LogP contribution in [0, 0.1) is 13.8 Å². The summed E-state index contributed by atoms with van der Waals surface area (Å²) in [5.41, 5.74) is 7.60. The lowest BCUT2D eigenvalue weighted by Crippen LogP contribution is -2.33. The maximum atomic E-state index is 2.21. The Hall–Kier alpha value is -3.26. The highest BCUT2D eigenvalue weighted by atomic mass is 14.9. The van der Waals surface area contributed by atoms with Crippen LogP contribution < -0.4 is 9.13 Å². The molecule has 2 heteroatoms. The van der Waals surface area contributed by atoms with Crippen LogP contribution in [0.2, 0.25) is 0 Å². The van der Waals surface area contributed by atoms with E-state index in [0.29, 0.717) is 0 Å². The Balaban J connectivity index is 1.56. The zero-order chi connectivity index (χ0) is 18.6. The minimum absolute atomic E-state index is 0.891. The van der Waals surface area contributed by atoms with Crippen molar-refractivity contribution in [2.45, 2.75) is 20.4 Å². The van der Waals surface area contributed by atoms with Gasteiger partial charge in [-0.2, -0.15) is 4.57 Å². The largest absolute Gasteiger partial charge is 0.216 e. The fraction of sp³-hybridized carbons (Fsp3) is 0.120. The van der Waals surface area contributed by atoms with Crippen LogP contribution in [0.3, 0.4) is 0 Å². The number of benzene rings is 2. The zero-order valence-electron chi connectivity index (χ0n) is 15.8. The molecule has 2 aromatic heterocycles. The Bertz CT molecular complexity index is 1010. The highest BCUT2D eigenvalue weighted by molar-refractivity contribution is 5.61. The molecule has 0 amide bonds. The molecule has 0 N–H and O–H groups in total. The lowest BCUT2D eigenvalue weighted by molar-refractivity contribution is -0.688. The number of rotatable bonds is 4. The molecule has 0 bridgehead atoms. The Kier molecular flexibility index (Phi) is 4.80. The lowest BCUT2D eigenvalue weighted by Gasteiger charge is -2.05. The normalized spacial score (nSPS) is 10.7. The van der Waals surface area contributed by atoms with Crippen LogP contribution in [0.1, 0.15) is 16.7 Å². The van der Waals surface area contributed by atoms with Gasteiger partial charge in [0.15, 0.2) is 31.3 Å². The first-order chi connectivity index (χ1) is 13.2. The highest BCUT2D eigenvalue weighted by Gasteiger charge is 2.13. The van der Waals surface area contributed by atoms with Crippen LogP contribution in [-0.2, 0) is 6.54 Å². The molecule has 0 aliphatic heterocycles. The zero-order valence-corrected chi connectivity index (χ0v) is 15.8. The van der Waals surface area contributed by atoms with Crippen molar-refractivity contribution in [2.75, 3.05) is 0 Å². The monoisotopic (exact) mass is 352 g/mol. The summed E-state index contributed by atoms with van der Waals surface area (Å²) in [7, 11) is 0. The van der Waals surface area contributed by atoms with Crippen LogP contribution in [0.15, 0.2) is 97.6 Å². The standard InChI is InChI=1S/C25H24N2/c1-20-7-6-8-21(2)25(20)27-17-13-24(14-18-27)23-11-15-26(16-12-23)19-22-9-4-3-5-10-22/h3-18H,19H2,1-2H3/q+2. The van der Waals surface area contributed by atoms with Crippen molar-refractivity contribution in [3.05, 3.63) is 114 Å². The number of hydrogen-bond donors (Lipinski definition) is 0. The van der Waals surface area contributed by atoms with Gasteiger partial charge in [0.05, 0.1) is 0 Å². The topological polar surface area (TPSA) is 7.76 Å². The number of pyridine rings is 2. The molecule has 0 atom stereocenters. The predicted molar refractivity (Wildman–Crippen MR) is 109 cm³/mol. The van der Waals surface area contributed by atoms with E-state index in [4.69, 9.17) is 0 Å². The van der Waals surface area contributed by atoms with E-state index in [9.17, 15) is 0 Å². The van der Waals surface area contributed by atoms with Gasteiger partial charge in [-0.3, -0.25) is 0 Å². The van der Waals surface area contributed by atoms with Gasteiger partial charge < -0.3 is 0 Å². The first kappa shape index (κ1) is 17.2. The number of hydrogen-bond acceptors (Lipinski definition) is 0. The average molecular weight is 352 g/mol. The summed E-state index contributed by atoms with van der Waals surface area (Å²) in [6.45, 7) is 5.21. The Morgan fingerprint density at radius 1 is 0.593 bits per heavy atom. The van der Waals surface area contributed by atoms with Crippen molar-refractivity contribution < 1.29 is 9.13 Å². The van der Waals surface area contributed by atoms with Crippen molar-refractivity contribution in [1.82, 2.24) is 0 Å². The number of aryl methyl sites for hydroxylation is 2. The number of nitrogens with zero attached hydrogens (tertiary/aromatic N) is 2. The highest BCUT2D eigenvalue weighted by Crippen LogP contribution is 2.18. The second-order valence-corrected chi connectivity index (χ2v) is 6.98. The van der Waals surface area contributed by atoms with Crippen LogP contribution in [-0.4, -0.2) is 0 Å². The second kappa shape index (κ2) is 7.55. The van der Waals surface area contributed by atoms with Gasteiger partial charge in [0.25, 0.3) is 0 Å². The molecule has 0 fully saturated rings. The molecule has 2 nitrogen and oxygen atoms in total. The summed E-state index contributed by atoms with van der Waals surface area (Å²) in [5, 5.41) is 0. The van der Waals surface area contributed by atoms with Gasteiger partial charge in [-0.05, 0) is 25.0 Å². The first-order valence-electron chi connectivity index (χ1n) is 9.32. The van der Waals surface area contributed by atoms with Gasteiger partial charge in [0.2, 0.25) is 5.69 Å². The van der Waals surface area contributed by atoms with Gasteiger partial charge in [-0.25, -0.2) is 4.57 Å². The Morgan fingerprint density at radius 2 is 1.15 bits per heavy atom. The Labute approximate surface area is 161 Å². The van der Waals surface area contributed by atoms with Crippen LogP contribution in [0.4, 0.5) is 0 Å². The summed E-state index contributed by atoms with van der Waals surface area (Å²) < 4.78 is 4.41. The SMILES string of the molecule is Cc1cccc(C)c1-[n+]1ccc(-c2cc[n+](Cc3ccccc3)cc2)cc1. The second-order valence-electron chi connectivity index (χ2n) is 6.98. The molecular formula is C25H24N2+2. The van der Waals surface area contributed by atoms with Crippen molar-refractivity contribution in [2.24, 2.45) is 0 Å². The minimum atomic E-state index is 0.891. The Morgan fingerprint density at radius 3 is 1.74 bits per heavy atom. The first-order valence-corrected chi connectivity index (χ1v) is 9.32. The van der Waals surface area contributed by atoms with Gasteiger partial charge in [-0.1, -0.05) is 48.5 Å². The van der Waals surface area contributed by atoms with Gasteiger partial charge in [-0.15, -0.1) is 0 Å². The molecule has 0 spiro atoms. The third-order valence-corrected chi connectivity index (χ3v) is 4.96. The molecular weight excluding hydrogens is 328 g/mol. The molecule has 4 rings (SSSR count). The maximum Gasteiger partial charge on any atom is 0.216 e. The molecule has 0 saturated heterocycles. The fourth-order valence-corrected chi connectivity index (χ4v) is 3.53. The van der Waals surface area contributed by atoms with E-state index >= 15 is 0 Å². The van der Waals surface area contributed by atoms with Crippen molar-refractivity contribution in [1.29, 1.82) is 0 Å². The van der Waals surface area contributed by atoms with Gasteiger partial charge in [0, 0.05) is 41.0 Å². The molecule has 4 aromatic rings. The fourth-order valence-electron chi connectivity index (χ4n) is 3.53. The molecule has 0 aliphatic rings. The summed E-state index contributed by atoms with van der Waals surface area (Å²) in [4.78, 5) is 0. The van der Waals surface area contributed by atoms with E-state index in [0.717, 1.165) is 6.54 Å². The number of aromatic nitrogens is 2. The quantitative estimate of drug-likeness (QED) is 0.475. The third kappa shape index (κ3) is 3.80. The summed E-state index contributed by atoms with van der Waals surface area (Å²) in [6.07, 6.45) is 8.59. The molecule has 2 heterocycles. The van der Waals surface area contributed by atoms with E-state index in [2.05, 4.69) is 121 Å². The summed E-state index contributed by atoms with van der Waals surface area (Å²) in [5.74, 6) is 0. The molecule has 2 aromatic carbocycles. The van der Waals surface area contributed by atoms with E-state index < -0.39 is 0 Å². The third-order valence-electron chi connectivity index (χ3n) is 4.96.